The third kappa shape index (κ3) is 1.69. The number of carbonyl (C=O) groups excluding carboxylic acids is 1. The fourth-order valence-corrected chi connectivity index (χ4v) is 2.18. The van der Waals surface area contributed by atoms with Crippen LogP contribution in [0.3, 0.4) is 0 Å². The Balaban J connectivity index is 2.06. The molecular formula is C11H12N4O4. The van der Waals surface area contributed by atoms with Crippen LogP contribution in [0.2, 0.25) is 0 Å². The van der Waals surface area contributed by atoms with Gasteiger partial charge in [0.25, 0.3) is 0 Å². The first-order chi connectivity index (χ1) is 9.13. The zero-order valence-electron chi connectivity index (χ0n) is 9.80. The van der Waals surface area contributed by atoms with Crippen LogP contribution in [-0.4, -0.2) is 49.4 Å². The van der Waals surface area contributed by atoms with Crippen molar-refractivity contribution in [3.05, 3.63) is 24.2 Å². The van der Waals surface area contributed by atoms with Crippen LogP contribution in [-0.2, 0) is 9.53 Å². The van der Waals surface area contributed by atoms with Gasteiger partial charge in [0.15, 0.2) is 17.7 Å². The molecule has 8 nitrogen and oxygen atoms in total. The van der Waals surface area contributed by atoms with Gasteiger partial charge in [-0.2, -0.15) is 5.10 Å². The first-order valence-electron chi connectivity index (χ1n) is 5.69. The minimum atomic E-state index is -1.33. The SMILES string of the molecule is Nc1ncnn2c(C3OC(CO)C(O)C3=O)ccc12. The average molecular weight is 264 g/mol. The van der Waals surface area contributed by atoms with E-state index < -0.39 is 30.7 Å². The number of carbonyl (C=O) groups is 1. The van der Waals surface area contributed by atoms with E-state index >= 15 is 0 Å². The molecule has 1 saturated heterocycles. The molecule has 2 aromatic heterocycles. The molecule has 3 heterocycles. The lowest BCUT2D eigenvalue weighted by atomic mass is 10.1. The Morgan fingerprint density at radius 1 is 1.47 bits per heavy atom. The number of anilines is 1. The lowest BCUT2D eigenvalue weighted by Crippen LogP contribution is -2.29. The number of rotatable bonds is 2. The molecule has 1 aliphatic rings. The number of nitrogens with zero attached hydrogens (tertiary/aromatic N) is 3. The summed E-state index contributed by atoms with van der Waals surface area (Å²) in [6, 6.07) is 3.30. The van der Waals surface area contributed by atoms with E-state index in [4.69, 9.17) is 15.6 Å². The molecule has 2 aromatic rings. The van der Waals surface area contributed by atoms with Gasteiger partial charge in [0, 0.05) is 0 Å². The van der Waals surface area contributed by atoms with Crippen molar-refractivity contribution < 1.29 is 19.7 Å². The highest BCUT2D eigenvalue weighted by molar-refractivity contribution is 5.90. The Labute approximate surface area is 107 Å². The summed E-state index contributed by atoms with van der Waals surface area (Å²) < 4.78 is 6.80. The molecule has 3 unspecified atom stereocenters. The Morgan fingerprint density at radius 3 is 2.95 bits per heavy atom. The minimum Gasteiger partial charge on any atom is -0.394 e. The van der Waals surface area contributed by atoms with Crippen molar-refractivity contribution in [2.75, 3.05) is 12.3 Å². The molecule has 8 heteroatoms. The van der Waals surface area contributed by atoms with E-state index in [1.807, 2.05) is 0 Å². The van der Waals surface area contributed by atoms with Crippen LogP contribution in [0.1, 0.15) is 11.8 Å². The fraction of sp³-hybridized carbons (Fsp3) is 0.364. The second kappa shape index (κ2) is 4.26. The van der Waals surface area contributed by atoms with Crippen molar-refractivity contribution in [2.24, 2.45) is 0 Å². The maximum atomic E-state index is 11.9. The molecule has 4 N–H and O–H groups in total. The maximum Gasteiger partial charge on any atom is 0.198 e. The molecular weight excluding hydrogens is 252 g/mol. The summed E-state index contributed by atoms with van der Waals surface area (Å²) in [6.07, 6.45) is -1.95. The van der Waals surface area contributed by atoms with E-state index in [1.165, 1.54) is 10.8 Å². The van der Waals surface area contributed by atoms with Crippen LogP contribution in [0.4, 0.5) is 5.82 Å². The highest BCUT2D eigenvalue weighted by Gasteiger charge is 2.44. The molecule has 3 atom stereocenters. The number of ketones is 1. The molecule has 1 aliphatic heterocycles. The second-order valence-electron chi connectivity index (χ2n) is 4.28. The van der Waals surface area contributed by atoms with Gasteiger partial charge in [0.05, 0.1) is 12.3 Å². The number of aliphatic hydroxyl groups excluding tert-OH is 2. The molecule has 1 fully saturated rings. The quantitative estimate of drug-likeness (QED) is 0.614. The summed E-state index contributed by atoms with van der Waals surface area (Å²) in [6.45, 7) is -0.427. The summed E-state index contributed by atoms with van der Waals surface area (Å²) in [5.74, 6) is -0.220. The largest absolute Gasteiger partial charge is 0.394 e. The highest BCUT2D eigenvalue weighted by atomic mass is 16.5. The van der Waals surface area contributed by atoms with Crippen LogP contribution >= 0.6 is 0 Å². The lowest BCUT2D eigenvalue weighted by molar-refractivity contribution is -0.127. The Bertz CT molecular complexity index is 641. The summed E-state index contributed by atoms with van der Waals surface area (Å²) in [5, 5.41) is 22.7. The molecule has 0 amide bonds. The minimum absolute atomic E-state index is 0.283. The smallest absolute Gasteiger partial charge is 0.198 e. The van der Waals surface area contributed by atoms with Gasteiger partial charge >= 0.3 is 0 Å². The van der Waals surface area contributed by atoms with E-state index in [0.717, 1.165) is 0 Å². The topological polar surface area (TPSA) is 123 Å². The van der Waals surface area contributed by atoms with Crippen LogP contribution in [0.15, 0.2) is 18.5 Å². The number of nitrogens with two attached hydrogens (primary N) is 1. The summed E-state index contributed by atoms with van der Waals surface area (Å²) in [5.41, 5.74) is 6.70. The van der Waals surface area contributed by atoms with Crippen LogP contribution in [0, 0.1) is 0 Å². The fourth-order valence-electron chi connectivity index (χ4n) is 2.18. The van der Waals surface area contributed by atoms with Gasteiger partial charge in [-0.25, -0.2) is 9.50 Å². The third-order valence-electron chi connectivity index (χ3n) is 3.17. The van der Waals surface area contributed by atoms with Crippen molar-refractivity contribution in [1.29, 1.82) is 0 Å². The van der Waals surface area contributed by atoms with Crippen LogP contribution in [0.5, 0.6) is 0 Å². The Hall–Kier alpha value is -2.03. The van der Waals surface area contributed by atoms with Crippen LogP contribution in [0.25, 0.3) is 5.52 Å². The predicted molar refractivity (Wildman–Crippen MR) is 63.1 cm³/mol. The number of Topliss-reactive ketones (excluding diaryl/α,β-unsaturated/α-hetero) is 1. The van der Waals surface area contributed by atoms with Crippen molar-refractivity contribution in [2.45, 2.75) is 18.3 Å². The molecule has 100 valence electrons. The zero-order valence-corrected chi connectivity index (χ0v) is 9.80. The summed E-state index contributed by atoms with van der Waals surface area (Å²) in [4.78, 5) is 15.8. The van der Waals surface area contributed by atoms with Gasteiger partial charge in [-0.15, -0.1) is 0 Å². The van der Waals surface area contributed by atoms with E-state index in [9.17, 15) is 9.90 Å². The van der Waals surface area contributed by atoms with E-state index in [1.54, 1.807) is 12.1 Å². The molecule has 0 aliphatic carbocycles. The average Bonchev–Trinajstić information content (AvgIpc) is 2.94. The molecule has 0 spiro atoms. The van der Waals surface area contributed by atoms with E-state index in [-0.39, 0.29) is 5.82 Å². The molecule has 0 aromatic carbocycles. The standard InChI is InChI=1S/C11H12N4O4/c12-11-6-2-1-5(15(6)14-4-13-11)10-9(18)8(17)7(3-16)19-10/h1-2,4,7-8,10,16-17H,3H2,(H2,12,13,14). The van der Waals surface area contributed by atoms with Gasteiger partial charge in [0.2, 0.25) is 0 Å². The van der Waals surface area contributed by atoms with Crippen LogP contribution < -0.4 is 5.73 Å². The highest BCUT2D eigenvalue weighted by Crippen LogP contribution is 2.31. The lowest BCUT2D eigenvalue weighted by Gasteiger charge is -2.10. The third-order valence-corrected chi connectivity index (χ3v) is 3.17. The van der Waals surface area contributed by atoms with Gasteiger partial charge in [0.1, 0.15) is 24.1 Å². The zero-order chi connectivity index (χ0) is 13.6. The van der Waals surface area contributed by atoms with Crippen molar-refractivity contribution >= 4 is 17.1 Å². The molecule has 0 bridgehead atoms. The monoisotopic (exact) mass is 264 g/mol. The predicted octanol–water partition coefficient (Wildman–Crippen LogP) is -1.33. The number of fused-ring (bicyclic) bond motifs is 1. The summed E-state index contributed by atoms with van der Waals surface area (Å²) in [7, 11) is 0. The maximum absolute atomic E-state index is 11.9. The number of aliphatic hydroxyl groups is 2. The van der Waals surface area contributed by atoms with Crippen molar-refractivity contribution in [3.8, 4) is 0 Å². The second-order valence-corrected chi connectivity index (χ2v) is 4.28. The molecule has 19 heavy (non-hydrogen) atoms. The van der Waals surface area contributed by atoms with Gasteiger partial charge < -0.3 is 20.7 Å². The number of hydrogen-bond donors (Lipinski definition) is 3. The molecule has 3 rings (SSSR count). The number of hydrogen-bond acceptors (Lipinski definition) is 7. The molecule has 0 radical (unpaired) electrons. The van der Waals surface area contributed by atoms with Gasteiger partial charge in [-0.3, -0.25) is 4.79 Å². The first-order valence-corrected chi connectivity index (χ1v) is 5.69. The number of aromatic nitrogens is 3. The normalized spacial score (nSPS) is 27.3. The Kier molecular flexibility index (Phi) is 2.70. The summed E-state index contributed by atoms with van der Waals surface area (Å²) >= 11 is 0. The number of ether oxygens (including phenoxy) is 1. The molecule has 0 saturated carbocycles. The number of nitrogen functional groups attached to an aromatic ring is 1. The van der Waals surface area contributed by atoms with Crippen molar-refractivity contribution in [1.82, 2.24) is 14.6 Å². The Morgan fingerprint density at radius 2 is 2.26 bits per heavy atom. The first kappa shape index (κ1) is 12.0. The van der Waals surface area contributed by atoms with E-state index in [2.05, 4.69) is 10.1 Å². The van der Waals surface area contributed by atoms with Gasteiger partial charge in [-0.05, 0) is 12.1 Å². The van der Waals surface area contributed by atoms with Crippen molar-refractivity contribution in [3.63, 3.8) is 0 Å². The van der Waals surface area contributed by atoms with Gasteiger partial charge in [-0.1, -0.05) is 0 Å². The van der Waals surface area contributed by atoms with E-state index in [0.29, 0.717) is 11.2 Å².